The molecule has 23 heavy (non-hydrogen) atoms. The number of aromatic nitrogens is 4. The summed E-state index contributed by atoms with van der Waals surface area (Å²) in [4.78, 5) is 19.5. The van der Waals surface area contributed by atoms with Crippen molar-refractivity contribution in [1.82, 2.24) is 24.8 Å². The summed E-state index contributed by atoms with van der Waals surface area (Å²) in [5, 5.41) is 0. The monoisotopic (exact) mass is 305 g/mol. The summed E-state index contributed by atoms with van der Waals surface area (Å²) in [5.74, 6) is 0.650. The van der Waals surface area contributed by atoms with Crippen LogP contribution in [0.25, 0.3) is 11.5 Å². The zero-order valence-electron chi connectivity index (χ0n) is 13.3. The first kappa shape index (κ1) is 15.2. The van der Waals surface area contributed by atoms with Crippen LogP contribution in [-0.4, -0.2) is 31.9 Å². The van der Waals surface area contributed by atoms with Gasteiger partial charge in [-0.3, -0.25) is 14.9 Å². The van der Waals surface area contributed by atoms with Gasteiger partial charge in [0.15, 0.2) is 5.82 Å². The fourth-order valence-corrected chi connectivity index (χ4v) is 2.37. The molecule has 0 aromatic carbocycles. The van der Waals surface area contributed by atoms with E-state index in [4.69, 9.17) is 0 Å². The molecule has 0 fully saturated rings. The van der Waals surface area contributed by atoms with Crippen LogP contribution in [0.2, 0.25) is 0 Å². The maximum Gasteiger partial charge on any atom is 0.178 e. The van der Waals surface area contributed by atoms with E-state index in [1.54, 1.807) is 12.4 Å². The van der Waals surface area contributed by atoms with Crippen LogP contribution in [0.3, 0.4) is 0 Å². The van der Waals surface area contributed by atoms with E-state index in [0.717, 1.165) is 17.8 Å². The highest BCUT2D eigenvalue weighted by molar-refractivity contribution is 5.47. The van der Waals surface area contributed by atoms with Gasteiger partial charge in [0.25, 0.3) is 0 Å². The molecular weight excluding hydrogens is 286 g/mol. The largest absolute Gasteiger partial charge is 0.295 e. The van der Waals surface area contributed by atoms with Gasteiger partial charge < -0.3 is 0 Å². The number of rotatable bonds is 5. The van der Waals surface area contributed by atoms with Crippen LogP contribution < -0.4 is 0 Å². The molecule has 0 spiro atoms. The van der Waals surface area contributed by atoms with E-state index in [1.807, 2.05) is 42.9 Å². The molecule has 0 aliphatic rings. The van der Waals surface area contributed by atoms with Gasteiger partial charge in [0, 0.05) is 49.1 Å². The van der Waals surface area contributed by atoms with Gasteiger partial charge in [-0.05, 0) is 37.7 Å². The molecule has 0 saturated heterocycles. The lowest BCUT2D eigenvalue weighted by Crippen LogP contribution is -2.22. The van der Waals surface area contributed by atoms with Gasteiger partial charge in [0.2, 0.25) is 0 Å². The van der Waals surface area contributed by atoms with Crippen LogP contribution in [0.5, 0.6) is 0 Å². The summed E-state index contributed by atoms with van der Waals surface area (Å²) < 4.78 is 0. The van der Waals surface area contributed by atoms with E-state index in [0.29, 0.717) is 5.82 Å². The molecule has 3 aromatic heterocycles. The van der Waals surface area contributed by atoms with Crippen molar-refractivity contribution in [3.05, 3.63) is 72.4 Å². The Kier molecular flexibility index (Phi) is 4.68. The molecule has 3 heterocycles. The summed E-state index contributed by atoms with van der Waals surface area (Å²) >= 11 is 0. The first-order valence-corrected chi connectivity index (χ1v) is 7.56. The predicted molar refractivity (Wildman–Crippen MR) is 89.4 cm³/mol. The lowest BCUT2D eigenvalue weighted by Gasteiger charge is -2.24. The summed E-state index contributed by atoms with van der Waals surface area (Å²) in [5.41, 5.74) is 3.06. The SMILES string of the molecule is C[C@@H](c1cccnc1)N(C)Cc1cnc(-c2ccccn2)nc1. The maximum atomic E-state index is 4.42. The van der Waals surface area contributed by atoms with E-state index in [2.05, 4.69) is 44.9 Å². The maximum absolute atomic E-state index is 4.42. The summed E-state index contributed by atoms with van der Waals surface area (Å²) in [6.45, 7) is 2.94. The summed E-state index contributed by atoms with van der Waals surface area (Å²) in [6.07, 6.45) is 9.17. The van der Waals surface area contributed by atoms with E-state index in [-0.39, 0.29) is 6.04 Å². The van der Waals surface area contributed by atoms with Crippen molar-refractivity contribution in [1.29, 1.82) is 0 Å². The van der Waals surface area contributed by atoms with Gasteiger partial charge in [-0.1, -0.05) is 12.1 Å². The molecule has 3 rings (SSSR count). The van der Waals surface area contributed by atoms with Gasteiger partial charge in [-0.2, -0.15) is 0 Å². The molecule has 0 N–H and O–H groups in total. The normalized spacial score (nSPS) is 12.3. The number of hydrogen-bond acceptors (Lipinski definition) is 5. The Labute approximate surface area is 136 Å². The van der Waals surface area contributed by atoms with Crippen LogP contribution in [0.15, 0.2) is 61.3 Å². The lowest BCUT2D eigenvalue weighted by atomic mass is 10.1. The highest BCUT2D eigenvalue weighted by atomic mass is 15.1. The minimum absolute atomic E-state index is 0.277. The highest BCUT2D eigenvalue weighted by Gasteiger charge is 2.12. The molecule has 3 aromatic rings. The summed E-state index contributed by atoms with van der Waals surface area (Å²) in [7, 11) is 2.09. The lowest BCUT2D eigenvalue weighted by molar-refractivity contribution is 0.252. The van der Waals surface area contributed by atoms with Crippen molar-refractivity contribution < 1.29 is 0 Å². The number of nitrogens with zero attached hydrogens (tertiary/aromatic N) is 5. The number of pyridine rings is 2. The molecule has 0 bridgehead atoms. The Morgan fingerprint density at radius 1 is 0.957 bits per heavy atom. The van der Waals surface area contributed by atoms with Crippen molar-refractivity contribution in [2.45, 2.75) is 19.5 Å². The molecule has 0 saturated carbocycles. The Hall–Kier alpha value is -2.66. The third-order valence-corrected chi connectivity index (χ3v) is 3.86. The molecule has 5 heteroatoms. The zero-order chi connectivity index (χ0) is 16.1. The molecular formula is C18H19N5. The zero-order valence-corrected chi connectivity index (χ0v) is 13.3. The molecule has 5 nitrogen and oxygen atoms in total. The average molecular weight is 305 g/mol. The third kappa shape index (κ3) is 3.76. The first-order chi connectivity index (χ1) is 11.2. The second kappa shape index (κ2) is 7.07. The molecule has 0 radical (unpaired) electrons. The van der Waals surface area contributed by atoms with Gasteiger partial charge in [-0.15, -0.1) is 0 Å². The van der Waals surface area contributed by atoms with E-state index in [9.17, 15) is 0 Å². The fourth-order valence-electron chi connectivity index (χ4n) is 2.37. The summed E-state index contributed by atoms with van der Waals surface area (Å²) in [6, 6.07) is 10.1. The van der Waals surface area contributed by atoms with E-state index < -0.39 is 0 Å². The Balaban J connectivity index is 1.68. The third-order valence-electron chi connectivity index (χ3n) is 3.86. The van der Waals surface area contributed by atoms with E-state index in [1.165, 1.54) is 5.56 Å². The predicted octanol–water partition coefficient (Wildman–Crippen LogP) is 3.13. The van der Waals surface area contributed by atoms with Crippen molar-refractivity contribution >= 4 is 0 Å². The Morgan fingerprint density at radius 2 is 1.78 bits per heavy atom. The Morgan fingerprint density at radius 3 is 2.43 bits per heavy atom. The highest BCUT2D eigenvalue weighted by Crippen LogP contribution is 2.19. The van der Waals surface area contributed by atoms with Crippen LogP contribution >= 0.6 is 0 Å². The molecule has 0 amide bonds. The van der Waals surface area contributed by atoms with Crippen molar-refractivity contribution in [3.63, 3.8) is 0 Å². The quantitative estimate of drug-likeness (QED) is 0.725. The van der Waals surface area contributed by atoms with Crippen molar-refractivity contribution in [2.24, 2.45) is 0 Å². The first-order valence-electron chi connectivity index (χ1n) is 7.56. The van der Waals surface area contributed by atoms with Crippen LogP contribution in [0, 0.1) is 0 Å². The second-order valence-corrected chi connectivity index (χ2v) is 5.51. The van der Waals surface area contributed by atoms with Crippen LogP contribution in [-0.2, 0) is 6.54 Å². The van der Waals surface area contributed by atoms with Crippen LogP contribution in [0.1, 0.15) is 24.1 Å². The van der Waals surface area contributed by atoms with Gasteiger partial charge in [-0.25, -0.2) is 9.97 Å². The molecule has 1 atom stereocenters. The minimum atomic E-state index is 0.277. The topological polar surface area (TPSA) is 54.8 Å². The van der Waals surface area contributed by atoms with Gasteiger partial charge in [0.1, 0.15) is 5.69 Å². The van der Waals surface area contributed by atoms with Gasteiger partial charge >= 0.3 is 0 Å². The fraction of sp³-hybridized carbons (Fsp3) is 0.222. The molecule has 0 unspecified atom stereocenters. The van der Waals surface area contributed by atoms with Crippen LogP contribution in [0.4, 0.5) is 0 Å². The molecule has 116 valence electrons. The minimum Gasteiger partial charge on any atom is -0.295 e. The number of hydrogen-bond donors (Lipinski definition) is 0. The standard InChI is InChI=1S/C18H19N5/c1-14(16-6-5-8-19-12-16)23(2)13-15-10-21-18(22-11-15)17-7-3-4-9-20-17/h3-12,14H,13H2,1-2H3/t14-/m0/s1. The smallest absolute Gasteiger partial charge is 0.178 e. The molecule has 0 aliphatic carbocycles. The second-order valence-electron chi connectivity index (χ2n) is 5.51. The molecule has 0 aliphatic heterocycles. The van der Waals surface area contributed by atoms with Crippen molar-refractivity contribution in [2.75, 3.05) is 7.05 Å². The van der Waals surface area contributed by atoms with Gasteiger partial charge in [0.05, 0.1) is 0 Å². The Bertz CT molecular complexity index is 728. The van der Waals surface area contributed by atoms with Crippen molar-refractivity contribution in [3.8, 4) is 11.5 Å². The van der Waals surface area contributed by atoms with E-state index >= 15 is 0 Å². The average Bonchev–Trinajstić information content (AvgIpc) is 2.63.